The van der Waals surface area contributed by atoms with Gasteiger partial charge in [-0.25, -0.2) is 14.4 Å². The van der Waals surface area contributed by atoms with Crippen LogP contribution >= 0.6 is 11.8 Å². The predicted molar refractivity (Wildman–Crippen MR) is 95.4 cm³/mol. The van der Waals surface area contributed by atoms with Gasteiger partial charge in [-0.3, -0.25) is 4.79 Å². The Bertz CT molecular complexity index is 1080. The summed E-state index contributed by atoms with van der Waals surface area (Å²) in [6.07, 6.45) is 1.47. The lowest BCUT2D eigenvalue weighted by molar-refractivity contribution is 0.0994. The van der Waals surface area contributed by atoms with Gasteiger partial charge in [0.05, 0.1) is 5.25 Å². The summed E-state index contributed by atoms with van der Waals surface area (Å²) in [6, 6.07) is 13.2. The molecule has 0 aliphatic rings. The molecule has 0 saturated carbocycles. The van der Waals surface area contributed by atoms with E-state index in [1.165, 1.54) is 42.4 Å². The molecule has 6 heteroatoms. The number of hydrogen-bond acceptors (Lipinski definition) is 5. The van der Waals surface area contributed by atoms with Crippen LogP contribution in [-0.2, 0) is 0 Å². The van der Waals surface area contributed by atoms with Gasteiger partial charge < -0.3 is 4.42 Å². The molecule has 0 aliphatic carbocycles. The molecule has 2 aromatic heterocycles. The van der Waals surface area contributed by atoms with E-state index < -0.39 is 5.25 Å². The lowest BCUT2D eigenvalue weighted by Gasteiger charge is -2.09. The molecule has 0 spiro atoms. The third-order valence-electron chi connectivity index (χ3n) is 3.91. The van der Waals surface area contributed by atoms with E-state index in [1.807, 2.05) is 24.3 Å². The Balaban J connectivity index is 1.68. The second-order valence-electron chi connectivity index (χ2n) is 5.59. The minimum atomic E-state index is -0.392. The lowest BCUT2D eigenvalue weighted by atomic mass is 10.1. The number of aromatic nitrogens is 2. The number of thioether (sulfide) groups is 1. The van der Waals surface area contributed by atoms with Crippen LogP contribution in [0.1, 0.15) is 17.3 Å². The molecule has 1 atom stereocenters. The van der Waals surface area contributed by atoms with Gasteiger partial charge in [-0.05, 0) is 43.3 Å². The Labute approximate surface area is 147 Å². The minimum absolute atomic E-state index is 0.0899. The quantitative estimate of drug-likeness (QED) is 0.298. The van der Waals surface area contributed by atoms with Crippen molar-refractivity contribution in [2.45, 2.75) is 17.2 Å². The highest BCUT2D eigenvalue weighted by atomic mass is 32.2. The summed E-state index contributed by atoms with van der Waals surface area (Å²) in [5.41, 5.74) is 2.51. The van der Waals surface area contributed by atoms with Crippen LogP contribution in [0.3, 0.4) is 0 Å². The Hall–Kier alpha value is -2.73. The molecule has 0 bridgehead atoms. The third kappa shape index (κ3) is 2.89. The second kappa shape index (κ2) is 6.29. The van der Waals surface area contributed by atoms with E-state index in [2.05, 4.69) is 9.97 Å². The van der Waals surface area contributed by atoms with Crippen molar-refractivity contribution in [2.75, 3.05) is 0 Å². The number of halogens is 1. The molecule has 0 saturated heterocycles. The van der Waals surface area contributed by atoms with Crippen LogP contribution in [0.2, 0.25) is 0 Å². The van der Waals surface area contributed by atoms with E-state index >= 15 is 0 Å². The molecular weight excluding hydrogens is 339 g/mol. The van der Waals surface area contributed by atoms with Crippen molar-refractivity contribution in [2.24, 2.45) is 0 Å². The summed E-state index contributed by atoms with van der Waals surface area (Å²) in [5, 5.41) is 1.14. The van der Waals surface area contributed by atoms with Gasteiger partial charge in [0.2, 0.25) is 0 Å². The molecule has 2 aromatic carbocycles. The Morgan fingerprint density at radius 1 is 1.12 bits per heavy atom. The molecule has 0 radical (unpaired) electrons. The van der Waals surface area contributed by atoms with Crippen LogP contribution in [-0.4, -0.2) is 21.0 Å². The number of Topliss-reactive ketones (excluding diaryl/α,β-unsaturated/α-hetero) is 1. The Morgan fingerprint density at radius 2 is 1.88 bits per heavy atom. The molecule has 2 heterocycles. The molecule has 4 nitrogen and oxygen atoms in total. The molecule has 0 aliphatic heterocycles. The first kappa shape index (κ1) is 15.8. The van der Waals surface area contributed by atoms with Crippen molar-refractivity contribution in [3.63, 3.8) is 0 Å². The Morgan fingerprint density at radius 3 is 2.68 bits per heavy atom. The highest BCUT2D eigenvalue weighted by Gasteiger charge is 2.21. The zero-order valence-electron chi connectivity index (χ0n) is 13.3. The van der Waals surface area contributed by atoms with Gasteiger partial charge in [-0.1, -0.05) is 23.9 Å². The number of furan rings is 1. The molecular formula is C19H13FN2O2S. The number of ketones is 1. The maximum absolute atomic E-state index is 13.0. The van der Waals surface area contributed by atoms with Crippen molar-refractivity contribution in [3.8, 4) is 0 Å². The molecule has 0 fully saturated rings. The number of hydrogen-bond donors (Lipinski definition) is 0. The standard InChI is InChI=1S/C19H13FN2O2S/c1-11(17(23)12-6-8-13(20)9-7-12)25-19-18-16(21-10-22-19)14-4-2-3-5-15(14)24-18/h2-11H,1H3/t11-/m1/s1. The van der Waals surface area contributed by atoms with Crippen LogP contribution in [0.4, 0.5) is 4.39 Å². The molecule has 0 amide bonds. The summed E-state index contributed by atoms with van der Waals surface area (Å²) in [7, 11) is 0. The topological polar surface area (TPSA) is 56.0 Å². The van der Waals surface area contributed by atoms with E-state index in [0.29, 0.717) is 16.2 Å². The fourth-order valence-electron chi connectivity index (χ4n) is 2.66. The van der Waals surface area contributed by atoms with Gasteiger partial charge in [0.1, 0.15) is 28.3 Å². The first-order valence-electron chi connectivity index (χ1n) is 7.72. The molecule has 0 N–H and O–H groups in total. The normalized spacial score (nSPS) is 12.6. The zero-order valence-corrected chi connectivity index (χ0v) is 14.1. The molecule has 25 heavy (non-hydrogen) atoms. The van der Waals surface area contributed by atoms with E-state index in [1.54, 1.807) is 6.92 Å². The van der Waals surface area contributed by atoms with E-state index in [4.69, 9.17) is 4.42 Å². The van der Waals surface area contributed by atoms with Crippen LogP contribution in [0.25, 0.3) is 22.1 Å². The van der Waals surface area contributed by atoms with Gasteiger partial charge in [0, 0.05) is 10.9 Å². The van der Waals surface area contributed by atoms with Crippen molar-refractivity contribution in [3.05, 3.63) is 66.2 Å². The number of carbonyl (C=O) groups excluding carboxylic acids is 1. The summed E-state index contributed by atoms with van der Waals surface area (Å²) in [6.45, 7) is 1.80. The number of carbonyl (C=O) groups is 1. The maximum atomic E-state index is 13.0. The summed E-state index contributed by atoms with van der Waals surface area (Å²) >= 11 is 1.31. The van der Waals surface area contributed by atoms with Crippen LogP contribution < -0.4 is 0 Å². The fourth-order valence-corrected chi connectivity index (χ4v) is 3.59. The zero-order chi connectivity index (χ0) is 17.4. The summed E-state index contributed by atoms with van der Waals surface area (Å²) in [4.78, 5) is 21.1. The summed E-state index contributed by atoms with van der Waals surface area (Å²) in [5.74, 6) is -0.454. The van der Waals surface area contributed by atoms with E-state index in [0.717, 1.165) is 16.5 Å². The lowest BCUT2D eigenvalue weighted by Crippen LogP contribution is -2.13. The predicted octanol–water partition coefficient (Wildman–Crippen LogP) is 4.88. The van der Waals surface area contributed by atoms with Crippen molar-refractivity contribution < 1.29 is 13.6 Å². The average molecular weight is 352 g/mol. The highest BCUT2D eigenvalue weighted by molar-refractivity contribution is 8.00. The number of benzene rings is 2. The Kier molecular flexibility index (Phi) is 3.97. The fraction of sp³-hybridized carbons (Fsp3) is 0.105. The minimum Gasteiger partial charge on any atom is -0.451 e. The average Bonchev–Trinajstić information content (AvgIpc) is 3.01. The highest BCUT2D eigenvalue weighted by Crippen LogP contribution is 2.34. The molecule has 0 unspecified atom stereocenters. The molecule has 4 rings (SSSR count). The summed E-state index contributed by atoms with van der Waals surface area (Å²) < 4.78 is 18.9. The number of fused-ring (bicyclic) bond motifs is 3. The van der Waals surface area contributed by atoms with Crippen LogP contribution in [0.5, 0.6) is 0 Å². The van der Waals surface area contributed by atoms with Gasteiger partial charge in [0.25, 0.3) is 0 Å². The van der Waals surface area contributed by atoms with E-state index in [9.17, 15) is 9.18 Å². The van der Waals surface area contributed by atoms with Gasteiger partial charge >= 0.3 is 0 Å². The first-order chi connectivity index (χ1) is 12.1. The van der Waals surface area contributed by atoms with Gasteiger partial charge in [0.15, 0.2) is 11.4 Å². The second-order valence-corrected chi connectivity index (χ2v) is 6.92. The number of rotatable bonds is 4. The molecule has 4 aromatic rings. The van der Waals surface area contributed by atoms with Crippen LogP contribution in [0, 0.1) is 5.82 Å². The first-order valence-corrected chi connectivity index (χ1v) is 8.60. The number of nitrogens with zero attached hydrogens (tertiary/aromatic N) is 2. The smallest absolute Gasteiger partial charge is 0.186 e. The SMILES string of the molecule is C[C@@H](Sc1ncnc2c1oc1ccccc12)C(=O)c1ccc(F)cc1. The van der Waals surface area contributed by atoms with Crippen LogP contribution in [0.15, 0.2) is 64.3 Å². The van der Waals surface area contributed by atoms with Crippen molar-refractivity contribution >= 4 is 39.6 Å². The maximum Gasteiger partial charge on any atom is 0.186 e. The third-order valence-corrected chi connectivity index (χ3v) is 4.99. The molecule has 124 valence electrons. The van der Waals surface area contributed by atoms with Gasteiger partial charge in [-0.15, -0.1) is 0 Å². The van der Waals surface area contributed by atoms with E-state index in [-0.39, 0.29) is 11.6 Å². The number of para-hydroxylation sites is 1. The monoisotopic (exact) mass is 352 g/mol. The van der Waals surface area contributed by atoms with Crippen molar-refractivity contribution in [1.82, 2.24) is 9.97 Å². The van der Waals surface area contributed by atoms with Gasteiger partial charge in [-0.2, -0.15) is 0 Å². The largest absolute Gasteiger partial charge is 0.451 e. The van der Waals surface area contributed by atoms with Crippen molar-refractivity contribution in [1.29, 1.82) is 0 Å².